The van der Waals surface area contributed by atoms with Gasteiger partial charge in [0.1, 0.15) is 29.5 Å². The molecule has 6 rings (SSSR count). The monoisotopic (exact) mass is 730 g/mol. The van der Waals surface area contributed by atoms with Gasteiger partial charge in [-0.2, -0.15) is 0 Å². The van der Waals surface area contributed by atoms with Crippen LogP contribution in [-0.4, -0.2) is 76.2 Å². The average Bonchev–Trinajstić information content (AvgIpc) is 3.66. The van der Waals surface area contributed by atoms with Crippen LogP contribution in [0, 0.1) is 5.82 Å². The molecule has 0 spiro atoms. The molecule has 266 valence electrons. The fraction of sp³-hybridized carbons (Fsp3) is 0.278. The Balaban J connectivity index is 1.58. The second-order valence-corrected chi connectivity index (χ2v) is 21.0. The Bertz CT molecular complexity index is 2370. The van der Waals surface area contributed by atoms with E-state index in [1.165, 1.54) is 45.5 Å². The summed E-state index contributed by atoms with van der Waals surface area (Å²) in [7, 11) is -0.713. The van der Waals surface area contributed by atoms with Crippen LogP contribution in [-0.2, 0) is 21.5 Å². The Morgan fingerprint density at radius 2 is 1.80 bits per heavy atom. The van der Waals surface area contributed by atoms with Gasteiger partial charge in [-0.05, 0) is 60.6 Å². The van der Waals surface area contributed by atoms with Gasteiger partial charge in [-0.25, -0.2) is 17.8 Å². The fourth-order valence-corrected chi connectivity index (χ4v) is 7.02. The molecule has 1 N–H and O–H groups in total. The van der Waals surface area contributed by atoms with E-state index in [9.17, 15) is 17.6 Å². The number of carbonyl (C=O) groups is 1. The highest BCUT2D eigenvalue weighted by molar-refractivity contribution is 7.92. The molecule has 2 aromatic carbocycles. The zero-order valence-corrected chi connectivity index (χ0v) is 31.3. The van der Waals surface area contributed by atoms with E-state index in [0.717, 1.165) is 22.0 Å². The first-order valence-electron chi connectivity index (χ1n) is 16.2. The predicted molar refractivity (Wildman–Crippen MR) is 199 cm³/mol. The van der Waals surface area contributed by atoms with Crippen molar-refractivity contribution in [2.75, 3.05) is 38.4 Å². The number of anilines is 1. The van der Waals surface area contributed by atoms with Gasteiger partial charge in [-0.3, -0.25) is 9.10 Å². The highest BCUT2D eigenvalue weighted by Crippen LogP contribution is 2.42. The van der Waals surface area contributed by atoms with Crippen molar-refractivity contribution in [3.63, 3.8) is 0 Å². The summed E-state index contributed by atoms with van der Waals surface area (Å²) < 4.78 is 60.9. The first-order valence-corrected chi connectivity index (χ1v) is 21.7. The van der Waals surface area contributed by atoms with Gasteiger partial charge >= 0.3 is 0 Å². The van der Waals surface area contributed by atoms with Crippen molar-refractivity contribution in [2.24, 2.45) is 0 Å². The van der Waals surface area contributed by atoms with Crippen LogP contribution in [0.15, 0.2) is 71.3 Å². The number of hydrogen-bond donors (Lipinski definition) is 1. The molecule has 4 heterocycles. The van der Waals surface area contributed by atoms with Crippen molar-refractivity contribution in [3.05, 3.63) is 78.2 Å². The largest absolute Gasteiger partial charge is 0.479 e. The van der Waals surface area contributed by atoms with Gasteiger partial charge < -0.3 is 23.8 Å². The SMILES string of the molecule is CNC(=O)c1c(-c2ccc(F)cc2)oc2cc(N(C)S(C)(=O)=O)c(-c3cc(-c4cc5cccnc5n4COCC[Si](C)(C)C)c(OC)nn3)cc12. The number of furan rings is 1. The summed E-state index contributed by atoms with van der Waals surface area (Å²) in [6, 6.07) is 17.3. The molecule has 0 aliphatic heterocycles. The maximum absolute atomic E-state index is 13.8. The minimum Gasteiger partial charge on any atom is -0.479 e. The fourth-order valence-electron chi connectivity index (χ4n) is 5.75. The van der Waals surface area contributed by atoms with E-state index in [-0.39, 0.29) is 35.2 Å². The molecule has 0 bridgehead atoms. The summed E-state index contributed by atoms with van der Waals surface area (Å²) in [6.45, 7) is 7.70. The standard InChI is InChI=1S/C36H39FN6O6SSi/c1-38-35(44)32-27-18-25(29(42(2)50(4,45)46)20-31(27)49-33(32)22-10-12-24(37)13-11-22)28-19-26(36(47-3)41-40-28)30-17-23-9-8-14-39-34(23)43(30)21-48-15-16-51(5,6)7/h8-14,17-20H,15-16,21H2,1-7H3,(H,38,44). The predicted octanol–water partition coefficient (Wildman–Crippen LogP) is 6.79. The molecule has 0 radical (unpaired) electrons. The lowest BCUT2D eigenvalue weighted by Crippen LogP contribution is -2.25. The van der Waals surface area contributed by atoms with E-state index in [0.29, 0.717) is 45.7 Å². The number of benzene rings is 2. The number of aromatic nitrogens is 4. The molecule has 12 nitrogen and oxygen atoms in total. The molecular formula is C36H39FN6O6SSi. The second-order valence-electron chi connectivity index (χ2n) is 13.4. The van der Waals surface area contributed by atoms with Crippen molar-refractivity contribution in [2.45, 2.75) is 32.4 Å². The maximum atomic E-state index is 13.8. The smallest absolute Gasteiger partial charge is 0.255 e. The molecule has 51 heavy (non-hydrogen) atoms. The van der Waals surface area contributed by atoms with Crippen molar-refractivity contribution in [1.29, 1.82) is 0 Å². The van der Waals surface area contributed by atoms with Crippen LogP contribution in [0.25, 0.3) is 55.8 Å². The molecule has 0 saturated carbocycles. The minimum absolute atomic E-state index is 0.192. The van der Waals surface area contributed by atoms with Crippen molar-refractivity contribution in [3.8, 4) is 39.7 Å². The number of amides is 1. The molecule has 0 aliphatic carbocycles. The molecule has 15 heteroatoms. The summed E-state index contributed by atoms with van der Waals surface area (Å²) in [5, 5.41) is 12.8. The first kappa shape index (κ1) is 35.7. The Morgan fingerprint density at radius 1 is 1.06 bits per heavy atom. The minimum atomic E-state index is -3.79. The number of hydrogen-bond acceptors (Lipinski definition) is 9. The van der Waals surface area contributed by atoms with Crippen molar-refractivity contribution < 1.29 is 31.5 Å². The van der Waals surface area contributed by atoms with Gasteiger partial charge in [0.25, 0.3) is 5.91 Å². The number of fused-ring (bicyclic) bond motifs is 2. The quantitative estimate of drug-likeness (QED) is 0.106. The molecule has 0 aliphatic rings. The third kappa shape index (κ3) is 7.22. The lowest BCUT2D eigenvalue weighted by atomic mass is 10.00. The topological polar surface area (TPSA) is 142 Å². The van der Waals surface area contributed by atoms with Gasteiger partial charge in [0.2, 0.25) is 15.9 Å². The zero-order chi connectivity index (χ0) is 36.7. The lowest BCUT2D eigenvalue weighted by molar-refractivity contribution is 0.0908. The Labute approximate surface area is 296 Å². The molecule has 0 atom stereocenters. The van der Waals surface area contributed by atoms with E-state index in [2.05, 4.69) is 40.1 Å². The number of nitrogens with zero attached hydrogens (tertiary/aromatic N) is 5. The average molecular weight is 731 g/mol. The highest BCUT2D eigenvalue weighted by Gasteiger charge is 2.27. The highest BCUT2D eigenvalue weighted by atomic mass is 32.2. The van der Waals surface area contributed by atoms with Crippen LogP contribution in [0.2, 0.25) is 25.7 Å². The third-order valence-corrected chi connectivity index (χ3v) is 11.5. The molecule has 4 aromatic heterocycles. The van der Waals surface area contributed by atoms with Gasteiger partial charge in [-0.1, -0.05) is 19.6 Å². The van der Waals surface area contributed by atoms with Gasteiger partial charge in [0.05, 0.1) is 41.6 Å². The first-order chi connectivity index (χ1) is 24.2. The molecule has 0 fully saturated rings. The van der Waals surface area contributed by atoms with Crippen molar-refractivity contribution in [1.82, 2.24) is 25.1 Å². The summed E-state index contributed by atoms with van der Waals surface area (Å²) in [5.41, 5.74) is 3.76. The number of carbonyl (C=O) groups excluding carboxylic acids is 1. The Kier molecular flexibility index (Phi) is 9.72. The number of rotatable bonds is 12. The summed E-state index contributed by atoms with van der Waals surface area (Å²) in [6.07, 6.45) is 2.80. The molecule has 6 aromatic rings. The molecule has 1 amide bonds. The summed E-state index contributed by atoms with van der Waals surface area (Å²) in [4.78, 5) is 18.0. The van der Waals surface area contributed by atoms with Gasteiger partial charge in [-0.15, -0.1) is 10.2 Å². The molecule has 0 saturated heterocycles. The van der Waals surface area contributed by atoms with Crippen molar-refractivity contribution >= 4 is 51.7 Å². The Morgan fingerprint density at radius 3 is 2.47 bits per heavy atom. The van der Waals surface area contributed by atoms with E-state index in [1.807, 2.05) is 22.8 Å². The van der Waals surface area contributed by atoms with E-state index < -0.39 is 29.8 Å². The van der Waals surface area contributed by atoms with Gasteiger partial charge in [0.15, 0.2) is 0 Å². The van der Waals surface area contributed by atoms with E-state index >= 15 is 0 Å². The van der Waals surface area contributed by atoms with Crippen LogP contribution >= 0.6 is 0 Å². The normalized spacial score (nSPS) is 12.1. The second kappa shape index (κ2) is 13.9. The van der Waals surface area contributed by atoms with Crippen LogP contribution in [0.4, 0.5) is 10.1 Å². The summed E-state index contributed by atoms with van der Waals surface area (Å²) in [5.74, 6) is -0.465. The lowest BCUT2D eigenvalue weighted by Gasteiger charge is -2.21. The molecular weight excluding hydrogens is 692 g/mol. The number of halogens is 1. The van der Waals surface area contributed by atoms with Crippen LogP contribution in [0.1, 0.15) is 10.4 Å². The van der Waals surface area contributed by atoms with E-state index in [1.54, 1.807) is 24.4 Å². The number of sulfonamides is 1. The zero-order valence-electron chi connectivity index (χ0n) is 29.4. The number of pyridine rings is 1. The number of ether oxygens (including phenoxy) is 2. The van der Waals surface area contributed by atoms with Gasteiger partial charge in [0, 0.05) is 62.9 Å². The maximum Gasteiger partial charge on any atom is 0.255 e. The van der Waals surface area contributed by atoms with E-state index in [4.69, 9.17) is 13.9 Å². The van der Waals surface area contributed by atoms with Crippen LogP contribution in [0.5, 0.6) is 5.88 Å². The molecule has 0 unspecified atom stereocenters. The summed E-state index contributed by atoms with van der Waals surface area (Å²) >= 11 is 0. The number of nitrogens with one attached hydrogen (secondary N) is 1. The van der Waals surface area contributed by atoms with Crippen LogP contribution in [0.3, 0.4) is 0 Å². The Hall–Kier alpha value is -5.12. The van der Waals surface area contributed by atoms with Crippen LogP contribution < -0.4 is 14.4 Å². The number of methoxy groups -OCH3 is 1. The third-order valence-electron chi connectivity index (χ3n) is 8.58.